The Balaban J connectivity index is 2.20. The second-order valence-electron chi connectivity index (χ2n) is 2.34. The van der Waals surface area contributed by atoms with Gasteiger partial charge in [0.2, 0.25) is 0 Å². The maximum Gasteiger partial charge on any atom is 0.143 e. The summed E-state index contributed by atoms with van der Waals surface area (Å²) in [6.07, 6.45) is 0. The van der Waals surface area contributed by atoms with Crippen LogP contribution in [0.2, 0.25) is 0 Å². The summed E-state index contributed by atoms with van der Waals surface area (Å²) in [4.78, 5) is 0. The van der Waals surface area contributed by atoms with Gasteiger partial charge in [-0.3, -0.25) is 0 Å². The summed E-state index contributed by atoms with van der Waals surface area (Å²) < 4.78 is 10.1. The van der Waals surface area contributed by atoms with Crippen molar-refractivity contribution in [2.75, 3.05) is 20.3 Å². The number of hydrogen-bond donors (Lipinski definition) is 1. The predicted molar refractivity (Wildman–Crippen MR) is 49.3 cm³/mol. The summed E-state index contributed by atoms with van der Waals surface area (Å²) in [5, 5.41) is 9.47. The number of hydrogen-bond acceptors (Lipinski definition) is 6. The van der Waals surface area contributed by atoms with Gasteiger partial charge in [-0.05, 0) is 0 Å². The smallest absolute Gasteiger partial charge is 0.143 e. The normalized spacial score (nSPS) is 10.6. The molecule has 6 heteroatoms. The first kappa shape index (κ1) is 10.5. The van der Waals surface area contributed by atoms with Crippen LogP contribution >= 0.6 is 11.3 Å². The Hall–Kier alpha value is -0.560. The van der Waals surface area contributed by atoms with Gasteiger partial charge in [0.25, 0.3) is 0 Å². The van der Waals surface area contributed by atoms with Gasteiger partial charge in [-0.1, -0.05) is 11.3 Å². The fraction of sp³-hybridized carbons (Fsp3) is 0.714. The lowest BCUT2D eigenvalue weighted by atomic mass is 10.7. The van der Waals surface area contributed by atoms with E-state index < -0.39 is 0 Å². The summed E-state index contributed by atoms with van der Waals surface area (Å²) >= 11 is 1.48. The Bertz CT molecular complexity index is 241. The third-order valence-corrected chi connectivity index (χ3v) is 2.26. The Labute approximate surface area is 80.9 Å². The highest BCUT2D eigenvalue weighted by Crippen LogP contribution is 2.09. The van der Waals surface area contributed by atoms with Crippen LogP contribution < -0.4 is 5.73 Å². The fourth-order valence-corrected chi connectivity index (χ4v) is 1.39. The van der Waals surface area contributed by atoms with Crippen LogP contribution in [0.15, 0.2) is 0 Å². The molecule has 1 heterocycles. The van der Waals surface area contributed by atoms with Gasteiger partial charge in [0.15, 0.2) is 0 Å². The Morgan fingerprint density at radius 2 is 2.08 bits per heavy atom. The van der Waals surface area contributed by atoms with Crippen LogP contribution in [0.1, 0.15) is 10.0 Å². The average Bonchev–Trinajstić information content (AvgIpc) is 2.60. The van der Waals surface area contributed by atoms with Gasteiger partial charge < -0.3 is 15.2 Å². The topological polar surface area (TPSA) is 70.3 Å². The van der Waals surface area contributed by atoms with Crippen molar-refractivity contribution in [3.8, 4) is 0 Å². The fourth-order valence-electron chi connectivity index (χ4n) is 0.731. The van der Waals surface area contributed by atoms with E-state index in [0.29, 0.717) is 26.4 Å². The number of ether oxygens (including phenoxy) is 2. The molecule has 74 valence electrons. The minimum Gasteiger partial charge on any atom is -0.382 e. The first-order valence-corrected chi connectivity index (χ1v) is 4.76. The number of rotatable bonds is 6. The number of methoxy groups -OCH3 is 1. The molecular weight excluding hydrogens is 190 g/mol. The average molecular weight is 203 g/mol. The highest BCUT2D eigenvalue weighted by Gasteiger charge is 2.01. The van der Waals surface area contributed by atoms with Crippen molar-refractivity contribution in [3.63, 3.8) is 0 Å². The summed E-state index contributed by atoms with van der Waals surface area (Å²) in [7, 11) is 1.64. The highest BCUT2D eigenvalue weighted by atomic mass is 32.1. The molecule has 0 saturated heterocycles. The summed E-state index contributed by atoms with van der Waals surface area (Å²) in [5.41, 5.74) is 5.39. The van der Waals surface area contributed by atoms with E-state index in [-0.39, 0.29) is 0 Å². The Morgan fingerprint density at radius 3 is 2.69 bits per heavy atom. The van der Waals surface area contributed by atoms with Crippen LogP contribution in [0.5, 0.6) is 0 Å². The Kier molecular flexibility index (Phi) is 4.84. The molecule has 5 nitrogen and oxygen atoms in total. The molecule has 0 unspecified atom stereocenters. The number of nitrogens with zero attached hydrogens (tertiary/aromatic N) is 2. The van der Waals surface area contributed by atoms with Crippen molar-refractivity contribution in [2.24, 2.45) is 5.73 Å². The summed E-state index contributed by atoms with van der Waals surface area (Å²) in [5.74, 6) is 0. The van der Waals surface area contributed by atoms with Gasteiger partial charge in [0, 0.05) is 13.7 Å². The predicted octanol–water partition coefficient (Wildman–Crippen LogP) is 0.160. The largest absolute Gasteiger partial charge is 0.382 e. The van der Waals surface area contributed by atoms with E-state index in [1.54, 1.807) is 7.11 Å². The van der Waals surface area contributed by atoms with Crippen molar-refractivity contribution >= 4 is 11.3 Å². The van der Waals surface area contributed by atoms with Crippen LogP contribution in [0, 0.1) is 0 Å². The van der Waals surface area contributed by atoms with Crippen LogP contribution in [0.4, 0.5) is 0 Å². The van der Waals surface area contributed by atoms with Gasteiger partial charge in [0.1, 0.15) is 16.6 Å². The van der Waals surface area contributed by atoms with Crippen LogP contribution in [-0.2, 0) is 22.6 Å². The molecule has 0 aliphatic rings. The van der Waals surface area contributed by atoms with Gasteiger partial charge in [-0.25, -0.2) is 0 Å². The highest BCUT2D eigenvalue weighted by molar-refractivity contribution is 7.11. The zero-order chi connectivity index (χ0) is 9.52. The molecule has 0 amide bonds. The second-order valence-corrected chi connectivity index (χ2v) is 3.49. The molecule has 1 rings (SSSR count). The van der Waals surface area contributed by atoms with E-state index in [9.17, 15) is 0 Å². The van der Waals surface area contributed by atoms with Crippen LogP contribution in [-0.4, -0.2) is 30.5 Å². The molecule has 0 aliphatic heterocycles. The number of aromatic nitrogens is 2. The van der Waals surface area contributed by atoms with Gasteiger partial charge in [-0.15, -0.1) is 10.2 Å². The van der Waals surface area contributed by atoms with E-state index in [1.165, 1.54) is 11.3 Å². The first-order chi connectivity index (χ1) is 6.36. The number of nitrogens with two attached hydrogens (primary N) is 1. The van der Waals surface area contributed by atoms with E-state index in [2.05, 4.69) is 10.2 Å². The van der Waals surface area contributed by atoms with Crippen LogP contribution in [0.3, 0.4) is 0 Å². The molecule has 0 saturated carbocycles. The monoisotopic (exact) mass is 203 g/mol. The van der Waals surface area contributed by atoms with Gasteiger partial charge in [-0.2, -0.15) is 0 Å². The zero-order valence-corrected chi connectivity index (χ0v) is 8.34. The molecule has 0 aliphatic carbocycles. The molecule has 0 bridgehead atoms. The first-order valence-electron chi connectivity index (χ1n) is 3.95. The van der Waals surface area contributed by atoms with Gasteiger partial charge >= 0.3 is 0 Å². The third-order valence-electron chi connectivity index (χ3n) is 1.34. The molecule has 0 atom stereocenters. The van der Waals surface area contributed by atoms with E-state index in [0.717, 1.165) is 10.0 Å². The van der Waals surface area contributed by atoms with E-state index in [1.807, 2.05) is 0 Å². The maximum atomic E-state index is 5.39. The van der Waals surface area contributed by atoms with Crippen molar-refractivity contribution in [2.45, 2.75) is 13.2 Å². The quantitative estimate of drug-likeness (QED) is 0.667. The molecule has 1 aromatic rings. The SMILES string of the molecule is COCCOCc1nnc(CN)s1. The van der Waals surface area contributed by atoms with Crippen molar-refractivity contribution in [1.29, 1.82) is 0 Å². The zero-order valence-electron chi connectivity index (χ0n) is 7.52. The maximum absolute atomic E-state index is 5.39. The molecular formula is C7H13N3O2S. The lowest BCUT2D eigenvalue weighted by Crippen LogP contribution is -2.01. The van der Waals surface area contributed by atoms with Crippen molar-refractivity contribution < 1.29 is 9.47 Å². The molecule has 0 fully saturated rings. The van der Waals surface area contributed by atoms with Crippen molar-refractivity contribution in [1.82, 2.24) is 10.2 Å². The van der Waals surface area contributed by atoms with Crippen molar-refractivity contribution in [3.05, 3.63) is 10.0 Å². The minimum atomic E-state index is 0.440. The molecule has 1 aromatic heterocycles. The lowest BCUT2D eigenvalue weighted by molar-refractivity contribution is 0.0613. The van der Waals surface area contributed by atoms with E-state index in [4.69, 9.17) is 15.2 Å². The molecule has 0 aromatic carbocycles. The molecule has 0 spiro atoms. The lowest BCUT2D eigenvalue weighted by Gasteiger charge is -1.98. The van der Waals surface area contributed by atoms with Gasteiger partial charge in [0.05, 0.1) is 13.2 Å². The Morgan fingerprint density at radius 1 is 1.31 bits per heavy atom. The summed E-state index contributed by atoms with van der Waals surface area (Å²) in [6, 6.07) is 0. The minimum absolute atomic E-state index is 0.440. The van der Waals surface area contributed by atoms with E-state index >= 15 is 0 Å². The second kappa shape index (κ2) is 5.98. The molecule has 2 N–H and O–H groups in total. The van der Waals surface area contributed by atoms with Crippen LogP contribution in [0.25, 0.3) is 0 Å². The molecule has 13 heavy (non-hydrogen) atoms. The third kappa shape index (κ3) is 3.77. The molecule has 0 radical (unpaired) electrons. The standard InChI is InChI=1S/C7H13N3O2S/c1-11-2-3-12-5-7-10-9-6(4-8)13-7/h2-5,8H2,1H3. The summed E-state index contributed by atoms with van der Waals surface area (Å²) in [6.45, 7) is 2.10.